The number of benzene rings is 2. The molecular weight excluding hydrogens is 512 g/mol. The molecule has 11 heteroatoms. The highest BCUT2D eigenvalue weighted by atomic mass is 35.5. The lowest BCUT2D eigenvalue weighted by Crippen LogP contribution is -2.48. The van der Waals surface area contributed by atoms with Gasteiger partial charge in [0, 0.05) is 37.1 Å². The molecule has 0 saturated heterocycles. The number of nitrogens with one attached hydrogen (secondary N) is 1. The second-order valence-corrected chi connectivity index (χ2v) is 11.3. The zero-order valence-corrected chi connectivity index (χ0v) is 22.4. The molecule has 2 aromatic carbocycles. The smallest absolute Gasteiger partial charge is 0.242 e. The Balaban J connectivity index is 2.17. The van der Waals surface area contributed by atoms with Crippen molar-refractivity contribution in [1.29, 1.82) is 0 Å². The van der Waals surface area contributed by atoms with Crippen LogP contribution in [0.25, 0.3) is 0 Å². The molecule has 0 aliphatic carbocycles. The summed E-state index contributed by atoms with van der Waals surface area (Å²) in [5, 5.41) is 3.37. The minimum atomic E-state index is -3.82. The first-order valence-corrected chi connectivity index (χ1v) is 13.8. The molecule has 0 radical (unpaired) electrons. The van der Waals surface area contributed by atoms with Crippen molar-refractivity contribution in [3.05, 3.63) is 64.7 Å². The molecule has 0 bridgehead atoms. The van der Waals surface area contributed by atoms with Gasteiger partial charge in [0.1, 0.15) is 6.04 Å². The van der Waals surface area contributed by atoms with E-state index in [4.69, 9.17) is 11.6 Å². The van der Waals surface area contributed by atoms with Crippen LogP contribution in [-0.2, 0) is 26.2 Å². The van der Waals surface area contributed by atoms with Crippen LogP contribution in [0.3, 0.4) is 0 Å². The fraction of sp³-hybridized carbons (Fsp3) is 0.440. The van der Waals surface area contributed by atoms with E-state index < -0.39 is 27.7 Å². The summed E-state index contributed by atoms with van der Waals surface area (Å²) in [7, 11) is -3.82. The van der Waals surface area contributed by atoms with Gasteiger partial charge in [0.15, 0.2) is 11.6 Å². The van der Waals surface area contributed by atoms with Crippen molar-refractivity contribution in [3.8, 4) is 0 Å². The number of halogens is 3. The first-order chi connectivity index (χ1) is 16.8. The summed E-state index contributed by atoms with van der Waals surface area (Å²) in [6.45, 7) is 6.05. The number of hydrogen-bond donors (Lipinski definition) is 1. The van der Waals surface area contributed by atoms with Crippen LogP contribution in [-0.4, -0.2) is 50.5 Å². The maximum absolute atomic E-state index is 13.7. The minimum Gasteiger partial charge on any atom is -0.354 e. The molecular formula is C25H32ClF2N3O4S. The van der Waals surface area contributed by atoms with Crippen molar-refractivity contribution < 1.29 is 26.8 Å². The standard InChI is InChI=1S/C25H32ClF2N3O4S/c1-17(2)15-29-25(33)18(3)30(16-19-7-9-20(26)10-8-19)24(32)6-5-13-31(36(4,34)35)21-11-12-22(27)23(28)14-21/h7-12,14,17-18H,5-6,13,15-16H2,1-4H3,(H,29,33)/t18-/m1/s1. The van der Waals surface area contributed by atoms with Crippen LogP contribution in [0, 0.1) is 17.6 Å². The molecule has 0 aliphatic heterocycles. The van der Waals surface area contributed by atoms with E-state index >= 15 is 0 Å². The average molecular weight is 544 g/mol. The van der Waals surface area contributed by atoms with Gasteiger partial charge in [-0.1, -0.05) is 37.6 Å². The number of carbonyl (C=O) groups excluding carboxylic acids is 2. The number of hydrogen-bond acceptors (Lipinski definition) is 4. The van der Waals surface area contributed by atoms with Gasteiger partial charge in [0.2, 0.25) is 21.8 Å². The molecule has 2 rings (SSSR count). The Bertz CT molecular complexity index is 1160. The predicted octanol–water partition coefficient (Wildman–Crippen LogP) is 4.35. The Morgan fingerprint density at radius 1 is 1.03 bits per heavy atom. The highest BCUT2D eigenvalue weighted by Crippen LogP contribution is 2.22. The average Bonchev–Trinajstić information content (AvgIpc) is 2.80. The van der Waals surface area contributed by atoms with E-state index in [0.29, 0.717) is 11.6 Å². The van der Waals surface area contributed by atoms with Crippen LogP contribution in [0.2, 0.25) is 5.02 Å². The zero-order chi connectivity index (χ0) is 27.0. The van der Waals surface area contributed by atoms with Crippen LogP contribution < -0.4 is 9.62 Å². The van der Waals surface area contributed by atoms with E-state index in [1.807, 2.05) is 13.8 Å². The normalized spacial score (nSPS) is 12.3. The first-order valence-electron chi connectivity index (χ1n) is 11.5. The molecule has 7 nitrogen and oxygen atoms in total. The second-order valence-electron chi connectivity index (χ2n) is 9.00. The van der Waals surface area contributed by atoms with Gasteiger partial charge in [0.05, 0.1) is 11.9 Å². The van der Waals surface area contributed by atoms with Gasteiger partial charge >= 0.3 is 0 Å². The van der Waals surface area contributed by atoms with Crippen LogP contribution in [0.15, 0.2) is 42.5 Å². The van der Waals surface area contributed by atoms with Crippen LogP contribution >= 0.6 is 11.6 Å². The molecule has 2 amide bonds. The summed E-state index contributed by atoms with van der Waals surface area (Å²) < 4.78 is 52.5. The molecule has 0 heterocycles. The molecule has 0 aliphatic rings. The van der Waals surface area contributed by atoms with Crippen LogP contribution in [0.1, 0.15) is 39.2 Å². The van der Waals surface area contributed by atoms with Crippen molar-refractivity contribution in [2.45, 2.75) is 46.2 Å². The molecule has 0 spiro atoms. The van der Waals surface area contributed by atoms with E-state index in [0.717, 1.165) is 34.3 Å². The van der Waals surface area contributed by atoms with Crippen molar-refractivity contribution in [3.63, 3.8) is 0 Å². The lowest BCUT2D eigenvalue weighted by molar-refractivity contribution is -0.140. The number of amides is 2. The van der Waals surface area contributed by atoms with E-state index in [1.165, 1.54) is 4.90 Å². The molecule has 36 heavy (non-hydrogen) atoms. The molecule has 0 unspecified atom stereocenters. The summed E-state index contributed by atoms with van der Waals surface area (Å²) >= 11 is 5.96. The van der Waals surface area contributed by atoms with Crippen molar-refractivity contribution in [2.24, 2.45) is 5.92 Å². The van der Waals surface area contributed by atoms with Gasteiger partial charge in [-0.25, -0.2) is 17.2 Å². The quantitative estimate of drug-likeness (QED) is 0.431. The van der Waals surface area contributed by atoms with Crippen molar-refractivity contribution in [2.75, 3.05) is 23.7 Å². The molecule has 0 aromatic heterocycles. The lowest BCUT2D eigenvalue weighted by atomic mass is 10.1. The molecule has 0 fully saturated rings. The van der Waals surface area contributed by atoms with E-state index in [1.54, 1.807) is 31.2 Å². The van der Waals surface area contributed by atoms with Gasteiger partial charge in [-0.15, -0.1) is 0 Å². The fourth-order valence-electron chi connectivity index (χ4n) is 3.47. The Labute approximate surface area is 216 Å². The highest BCUT2D eigenvalue weighted by molar-refractivity contribution is 7.92. The SMILES string of the molecule is CC(C)CNC(=O)[C@@H](C)N(Cc1ccc(Cl)cc1)C(=O)CCCN(c1ccc(F)c(F)c1)S(C)(=O)=O. The van der Waals surface area contributed by atoms with Crippen molar-refractivity contribution >= 4 is 39.1 Å². The van der Waals surface area contributed by atoms with E-state index in [9.17, 15) is 26.8 Å². The van der Waals surface area contributed by atoms with Crippen LogP contribution in [0.5, 0.6) is 0 Å². The third-order valence-corrected chi connectivity index (χ3v) is 6.91. The maximum atomic E-state index is 13.7. The van der Waals surface area contributed by atoms with E-state index in [2.05, 4.69) is 5.32 Å². The van der Waals surface area contributed by atoms with Crippen LogP contribution in [0.4, 0.5) is 14.5 Å². The fourth-order valence-corrected chi connectivity index (χ4v) is 4.55. The van der Waals surface area contributed by atoms with Gasteiger partial charge in [-0.2, -0.15) is 0 Å². The third kappa shape index (κ3) is 8.74. The molecule has 0 saturated carbocycles. The van der Waals surface area contributed by atoms with E-state index in [-0.39, 0.29) is 49.4 Å². The largest absolute Gasteiger partial charge is 0.354 e. The van der Waals surface area contributed by atoms with Gasteiger partial charge in [0.25, 0.3) is 0 Å². The number of carbonyl (C=O) groups is 2. The predicted molar refractivity (Wildman–Crippen MR) is 137 cm³/mol. The van der Waals surface area contributed by atoms with Gasteiger partial charge < -0.3 is 10.2 Å². The summed E-state index contributed by atoms with van der Waals surface area (Å²) in [4.78, 5) is 27.4. The number of nitrogens with zero attached hydrogens (tertiary/aromatic N) is 2. The summed E-state index contributed by atoms with van der Waals surface area (Å²) in [5.74, 6) is -2.68. The maximum Gasteiger partial charge on any atom is 0.242 e. The molecule has 198 valence electrons. The zero-order valence-electron chi connectivity index (χ0n) is 20.8. The van der Waals surface area contributed by atoms with Gasteiger partial charge in [-0.05, 0) is 49.1 Å². The number of rotatable bonds is 12. The lowest BCUT2D eigenvalue weighted by Gasteiger charge is -2.29. The second kappa shape index (κ2) is 13.0. The van der Waals surface area contributed by atoms with Crippen molar-refractivity contribution in [1.82, 2.24) is 10.2 Å². The number of anilines is 1. The monoisotopic (exact) mass is 543 g/mol. The summed E-state index contributed by atoms with van der Waals surface area (Å²) in [5.41, 5.74) is 0.735. The molecule has 1 atom stereocenters. The molecule has 2 aromatic rings. The topological polar surface area (TPSA) is 86.8 Å². The highest BCUT2D eigenvalue weighted by Gasteiger charge is 2.27. The Kier molecular flexibility index (Phi) is 10.7. The minimum absolute atomic E-state index is 0.0386. The Morgan fingerprint density at radius 2 is 1.67 bits per heavy atom. The first kappa shape index (κ1) is 29.5. The third-order valence-electron chi connectivity index (χ3n) is 5.46. The summed E-state index contributed by atoms with van der Waals surface area (Å²) in [6, 6.07) is 8.93. The summed E-state index contributed by atoms with van der Waals surface area (Å²) in [6.07, 6.45) is 0.984. The van der Waals surface area contributed by atoms with Gasteiger partial charge in [-0.3, -0.25) is 13.9 Å². The Morgan fingerprint density at radius 3 is 2.22 bits per heavy atom. The number of sulfonamides is 1. The Hall–Kier alpha value is -2.72. The molecule has 1 N–H and O–H groups in total.